The molecular weight excluding hydrogens is 150 g/mol. The molecule has 0 bridgehead atoms. The van der Waals surface area contributed by atoms with Crippen LogP contribution in [0.4, 0.5) is 4.79 Å². The van der Waals surface area contributed by atoms with Gasteiger partial charge in [0.1, 0.15) is 0 Å². The quantitative estimate of drug-likeness (QED) is 0.608. The lowest BCUT2D eigenvalue weighted by Crippen LogP contribution is -2.48. The van der Waals surface area contributed by atoms with Crippen LogP contribution in [0.1, 0.15) is 6.92 Å². The molecule has 1 N–H and O–H groups in total. The molecule has 0 spiro atoms. The number of carbonyl (C=O) groups is 1. The van der Waals surface area contributed by atoms with Gasteiger partial charge >= 0.3 is 6.09 Å². The smallest absolute Gasteiger partial charge is 0.410 e. The highest BCUT2D eigenvalue weighted by Crippen LogP contribution is 2.04. The number of carbonyl (C=O) groups excluding carboxylic acids is 1. The second kappa shape index (κ2) is 4.15. The van der Waals surface area contributed by atoms with E-state index in [9.17, 15) is 4.79 Å². The molecule has 0 saturated heterocycles. The second-order valence-electron chi connectivity index (χ2n) is 1.97. The largest absolute Gasteiger partial charge is 0.453 e. The van der Waals surface area contributed by atoms with Gasteiger partial charge in [-0.3, -0.25) is 5.32 Å². The van der Waals surface area contributed by atoms with Gasteiger partial charge in [0.15, 0.2) is 0 Å². The van der Waals surface area contributed by atoms with Crippen LogP contribution in [0.5, 0.6) is 0 Å². The number of methoxy groups -OCH3 is 3. The predicted octanol–water partition coefficient (Wildman–Crippen LogP) is 0.309. The Morgan fingerprint density at radius 2 is 1.73 bits per heavy atom. The molecule has 0 saturated carbocycles. The fourth-order valence-corrected chi connectivity index (χ4v) is 0.422. The number of amides is 1. The Balaban J connectivity index is 3.96. The lowest BCUT2D eigenvalue weighted by Gasteiger charge is -2.25. The van der Waals surface area contributed by atoms with E-state index in [-0.39, 0.29) is 0 Å². The van der Waals surface area contributed by atoms with E-state index in [0.717, 1.165) is 0 Å². The molecule has 0 aliphatic heterocycles. The summed E-state index contributed by atoms with van der Waals surface area (Å²) < 4.78 is 14.0. The molecule has 0 aliphatic carbocycles. The number of hydrogen-bond donors (Lipinski definition) is 1. The van der Waals surface area contributed by atoms with Gasteiger partial charge in [-0.25, -0.2) is 4.79 Å². The molecule has 0 aromatic heterocycles. The van der Waals surface area contributed by atoms with Gasteiger partial charge in [0.05, 0.1) is 7.11 Å². The predicted molar refractivity (Wildman–Crippen MR) is 38.0 cm³/mol. The average molecular weight is 163 g/mol. The van der Waals surface area contributed by atoms with Gasteiger partial charge in [-0.2, -0.15) is 0 Å². The Morgan fingerprint density at radius 1 is 1.27 bits per heavy atom. The van der Waals surface area contributed by atoms with Crippen LogP contribution >= 0.6 is 0 Å². The molecule has 0 aromatic carbocycles. The number of alkyl carbamates (subject to hydrolysis) is 1. The Bertz CT molecular complexity index is 133. The number of rotatable bonds is 3. The van der Waals surface area contributed by atoms with Crippen LogP contribution < -0.4 is 5.32 Å². The van der Waals surface area contributed by atoms with Gasteiger partial charge < -0.3 is 14.2 Å². The SMILES string of the molecule is COC(=O)NC(C)(OC)OC. The van der Waals surface area contributed by atoms with Crippen molar-refractivity contribution in [1.82, 2.24) is 5.32 Å². The summed E-state index contributed by atoms with van der Waals surface area (Å²) >= 11 is 0. The van der Waals surface area contributed by atoms with Crippen molar-refractivity contribution in [3.05, 3.63) is 0 Å². The summed E-state index contributed by atoms with van der Waals surface area (Å²) in [6.07, 6.45) is -0.601. The van der Waals surface area contributed by atoms with Crippen LogP contribution in [-0.4, -0.2) is 33.3 Å². The minimum Gasteiger partial charge on any atom is -0.453 e. The van der Waals surface area contributed by atoms with Crippen molar-refractivity contribution in [1.29, 1.82) is 0 Å². The molecule has 0 fully saturated rings. The summed E-state index contributed by atoms with van der Waals surface area (Å²) in [7, 11) is 4.10. The van der Waals surface area contributed by atoms with Crippen molar-refractivity contribution in [2.45, 2.75) is 12.8 Å². The summed E-state index contributed by atoms with van der Waals surface area (Å²) in [6, 6.07) is 0. The highest BCUT2D eigenvalue weighted by Gasteiger charge is 2.25. The number of hydrogen-bond acceptors (Lipinski definition) is 4. The first-order chi connectivity index (χ1) is 5.08. The third kappa shape index (κ3) is 3.20. The molecule has 5 heteroatoms. The molecule has 0 atom stereocenters. The third-order valence-electron chi connectivity index (χ3n) is 1.29. The van der Waals surface area contributed by atoms with E-state index >= 15 is 0 Å². The Labute approximate surface area is 65.6 Å². The molecule has 66 valence electrons. The fraction of sp³-hybridized carbons (Fsp3) is 0.833. The van der Waals surface area contributed by atoms with Gasteiger partial charge in [0.25, 0.3) is 5.91 Å². The van der Waals surface area contributed by atoms with E-state index in [2.05, 4.69) is 10.1 Å². The van der Waals surface area contributed by atoms with E-state index in [0.29, 0.717) is 0 Å². The Morgan fingerprint density at radius 3 is 2.00 bits per heavy atom. The molecule has 0 heterocycles. The molecule has 0 rings (SSSR count). The molecular formula is C6H13NO4. The molecule has 5 nitrogen and oxygen atoms in total. The first-order valence-electron chi connectivity index (χ1n) is 3.04. The maximum atomic E-state index is 10.7. The topological polar surface area (TPSA) is 56.8 Å². The minimum atomic E-state index is -1.12. The van der Waals surface area contributed by atoms with E-state index in [1.165, 1.54) is 21.3 Å². The molecule has 0 radical (unpaired) electrons. The molecule has 11 heavy (non-hydrogen) atoms. The molecule has 0 aromatic rings. The molecule has 0 unspecified atom stereocenters. The number of nitrogens with one attached hydrogen (secondary N) is 1. The summed E-state index contributed by atoms with van der Waals surface area (Å²) in [6.45, 7) is 1.56. The maximum Gasteiger partial charge on any atom is 0.410 e. The van der Waals surface area contributed by atoms with E-state index in [1.807, 2.05) is 0 Å². The number of ether oxygens (including phenoxy) is 3. The maximum absolute atomic E-state index is 10.7. The van der Waals surface area contributed by atoms with Crippen molar-refractivity contribution in [3.8, 4) is 0 Å². The average Bonchev–Trinajstić information content (AvgIpc) is 2.04. The fourth-order valence-electron chi connectivity index (χ4n) is 0.422. The van der Waals surface area contributed by atoms with Crippen molar-refractivity contribution >= 4 is 6.09 Å². The molecule has 1 amide bonds. The van der Waals surface area contributed by atoms with Crippen LogP contribution in [-0.2, 0) is 14.2 Å². The Kier molecular flexibility index (Phi) is 3.84. The van der Waals surface area contributed by atoms with Gasteiger partial charge in [0.2, 0.25) is 0 Å². The first-order valence-corrected chi connectivity index (χ1v) is 3.04. The van der Waals surface area contributed by atoms with Gasteiger partial charge in [0, 0.05) is 21.1 Å². The lowest BCUT2D eigenvalue weighted by atomic mass is 10.5. The highest BCUT2D eigenvalue weighted by molar-refractivity contribution is 5.67. The highest BCUT2D eigenvalue weighted by atomic mass is 16.7. The minimum absolute atomic E-state index is 0.601. The zero-order valence-electron chi connectivity index (χ0n) is 7.13. The Hall–Kier alpha value is -0.810. The first kappa shape index (κ1) is 10.2. The van der Waals surface area contributed by atoms with Crippen LogP contribution in [0.25, 0.3) is 0 Å². The zero-order chi connectivity index (χ0) is 8.91. The lowest BCUT2D eigenvalue weighted by molar-refractivity contribution is -0.208. The van der Waals surface area contributed by atoms with E-state index in [4.69, 9.17) is 9.47 Å². The van der Waals surface area contributed by atoms with Crippen molar-refractivity contribution in [3.63, 3.8) is 0 Å². The van der Waals surface area contributed by atoms with Crippen LogP contribution in [0.3, 0.4) is 0 Å². The van der Waals surface area contributed by atoms with Crippen LogP contribution in [0.15, 0.2) is 0 Å². The zero-order valence-corrected chi connectivity index (χ0v) is 7.13. The van der Waals surface area contributed by atoms with Crippen LogP contribution in [0.2, 0.25) is 0 Å². The summed E-state index contributed by atoms with van der Waals surface area (Å²) in [5.41, 5.74) is 0. The van der Waals surface area contributed by atoms with Crippen LogP contribution in [0, 0.1) is 0 Å². The van der Waals surface area contributed by atoms with E-state index < -0.39 is 12.0 Å². The summed E-state index contributed by atoms with van der Waals surface area (Å²) in [4.78, 5) is 10.7. The van der Waals surface area contributed by atoms with Crippen molar-refractivity contribution < 1.29 is 19.0 Å². The van der Waals surface area contributed by atoms with Crippen molar-refractivity contribution in [2.24, 2.45) is 0 Å². The van der Waals surface area contributed by atoms with Crippen molar-refractivity contribution in [2.75, 3.05) is 21.3 Å². The summed E-state index contributed by atoms with van der Waals surface area (Å²) in [5.74, 6) is -1.12. The van der Waals surface area contributed by atoms with Gasteiger partial charge in [-0.15, -0.1) is 0 Å². The van der Waals surface area contributed by atoms with Gasteiger partial charge in [-0.1, -0.05) is 0 Å². The third-order valence-corrected chi connectivity index (χ3v) is 1.29. The standard InChI is InChI=1S/C6H13NO4/c1-6(10-3,11-4)7-5(8)9-2/h1-4H3,(H,7,8). The molecule has 0 aliphatic rings. The van der Waals surface area contributed by atoms with E-state index in [1.54, 1.807) is 6.92 Å². The monoisotopic (exact) mass is 163 g/mol. The second-order valence-corrected chi connectivity index (χ2v) is 1.97. The summed E-state index contributed by atoms with van der Waals surface area (Å²) in [5, 5.41) is 2.34. The van der Waals surface area contributed by atoms with Gasteiger partial charge in [-0.05, 0) is 0 Å². The normalized spacial score (nSPS) is 10.9.